The first kappa shape index (κ1) is 41.1. The molecule has 12 aromatic rings. The van der Waals surface area contributed by atoms with Crippen LogP contribution in [0.5, 0.6) is 0 Å². The first-order valence-electron chi connectivity index (χ1n) is 23.4. The predicted molar refractivity (Wildman–Crippen MR) is 284 cm³/mol. The van der Waals surface area contributed by atoms with E-state index in [1.54, 1.807) is 0 Å². The second-order valence-electron chi connectivity index (χ2n) is 18.5. The molecule has 0 aliphatic carbocycles. The molecule has 0 aliphatic heterocycles. The fourth-order valence-electron chi connectivity index (χ4n) is 10.5. The Hall–Kier alpha value is -8.41. The highest BCUT2D eigenvalue weighted by Crippen LogP contribution is 2.44. The molecule has 0 spiro atoms. The molecule has 5 nitrogen and oxygen atoms in total. The summed E-state index contributed by atoms with van der Waals surface area (Å²) in [6.45, 7) is 13.0. The van der Waals surface area contributed by atoms with E-state index in [-0.39, 0.29) is 0 Å². The van der Waals surface area contributed by atoms with Gasteiger partial charge in [-0.3, -0.25) is 0 Å². The fraction of sp³-hybridized carbons (Fsp3) is 0.0952. The molecule has 0 atom stereocenters. The van der Waals surface area contributed by atoms with Gasteiger partial charge in [0.1, 0.15) is 0 Å². The quantitative estimate of drug-likeness (QED) is 0.160. The van der Waals surface area contributed by atoms with E-state index >= 15 is 0 Å². The molecular formula is C63H49N5. The summed E-state index contributed by atoms with van der Waals surface area (Å²) in [6.07, 6.45) is 0. The van der Waals surface area contributed by atoms with Gasteiger partial charge in [0, 0.05) is 49.4 Å². The molecule has 9 aromatic carbocycles. The third kappa shape index (κ3) is 6.73. The van der Waals surface area contributed by atoms with Crippen LogP contribution in [-0.4, -0.2) is 24.1 Å². The highest BCUT2D eigenvalue weighted by molar-refractivity contribution is 6.12. The average molecular weight is 876 g/mol. The van der Waals surface area contributed by atoms with Crippen LogP contribution < -0.4 is 0 Å². The van der Waals surface area contributed by atoms with Crippen molar-refractivity contribution in [2.45, 2.75) is 41.5 Å². The third-order valence-corrected chi connectivity index (χ3v) is 13.7. The summed E-state index contributed by atoms with van der Waals surface area (Å²) < 4.78 is 4.87. The topological polar surface area (TPSA) is 48.5 Å². The Morgan fingerprint density at radius 1 is 0.294 bits per heavy atom. The monoisotopic (exact) mass is 875 g/mol. The van der Waals surface area contributed by atoms with Gasteiger partial charge in [0.05, 0.1) is 33.4 Å². The second-order valence-corrected chi connectivity index (χ2v) is 18.5. The summed E-state index contributed by atoms with van der Waals surface area (Å²) in [5, 5.41) is 4.85. The Kier molecular flexibility index (Phi) is 9.77. The molecular weight excluding hydrogens is 827 g/mol. The van der Waals surface area contributed by atoms with Crippen LogP contribution in [0.15, 0.2) is 188 Å². The Balaban J connectivity index is 1.23. The Morgan fingerprint density at radius 3 is 0.985 bits per heavy atom. The average Bonchev–Trinajstić information content (AvgIpc) is 3.84. The Morgan fingerprint density at radius 2 is 0.618 bits per heavy atom. The lowest BCUT2D eigenvalue weighted by Gasteiger charge is -2.21. The van der Waals surface area contributed by atoms with Crippen molar-refractivity contribution in [2.75, 3.05) is 0 Å². The van der Waals surface area contributed by atoms with Crippen LogP contribution in [0.25, 0.3) is 111 Å². The van der Waals surface area contributed by atoms with Crippen molar-refractivity contribution in [3.8, 4) is 67.8 Å². The van der Waals surface area contributed by atoms with Gasteiger partial charge in [0.15, 0.2) is 17.5 Å². The smallest absolute Gasteiger partial charge is 0.166 e. The third-order valence-electron chi connectivity index (χ3n) is 13.7. The van der Waals surface area contributed by atoms with Gasteiger partial charge in [-0.15, -0.1) is 0 Å². The summed E-state index contributed by atoms with van der Waals surface area (Å²) >= 11 is 0. The Labute approximate surface area is 396 Å². The number of hydrogen-bond acceptors (Lipinski definition) is 3. The molecule has 0 saturated carbocycles. The van der Waals surface area contributed by atoms with Gasteiger partial charge in [0.2, 0.25) is 0 Å². The number of aryl methyl sites for hydroxylation is 6. The van der Waals surface area contributed by atoms with Gasteiger partial charge in [-0.2, -0.15) is 0 Å². The minimum atomic E-state index is 0.596. The zero-order chi connectivity index (χ0) is 46.2. The van der Waals surface area contributed by atoms with Crippen molar-refractivity contribution in [3.05, 3.63) is 221 Å². The number of hydrogen-bond donors (Lipinski definition) is 0. The molecule has 0 unspecified atom stereocenters. The number of para-hydroxylation sites is 2. The standard InChI is InChI=1S/C63H49N5/c1-38-26-30-54-50(34-38)51-35-39(2)27-31-55(51)67(54)59-46(44-18-9-7-10-19-44)22-14-24-48(59)61-64-62(66-63(65-61)58-42(5)16-13-17-43(58)6)49-25-15-23-47(45-20-11-8-12-21-45)60(49)68-56-32-28-40(3)36-52(56)53-37-41(4)29-33-57(53)68/h7-37H,1-6H3. The van der Waals surface area contributed by atoms with E-state index in [0.29, 0.717) is 17.5 Å². The molecule has 0 amide bonds. The van der Waals surface area contributed by atoms with Gasteiger partial charge in [-0.1, -0.05) is 150 Å². The van der Waals surface area contributed by atoms with Gasteiger partial charge >= 0.3 is 0 Å². The maximum atomic E-state index is 5.70. The first-order chi connectivity index (χ1) is 33.2. The molecule has 326 valence electrons. The second kappa shape index (κ2) is 16.2. The SMILES string of the molecule is Cc1ccc2c(c1)c1cc(C)ccc1n2-c1c(-c2ccccc2)cccc1-c1nc(-c2cccc(-c3ccccc3)c2-n2c3ccc(C)cc3c3cc(C)ccc32)nc(-c2c(C)cccc2C)n1. The molecule has 0 aliphatic rings. The summed E-state index contributed by atoms with van der Waals surface area (Å²) in [7, 11) is 0. The van der Waals surface area contributed by atoms with Crippen molar-refractivity contribution >= 4 is 43.6 Å². The van der Waals surface area contributed by atoms with Gasteiger partial charge in [-0.05, 0) is 124 Å². The van der Waals surface area contributed by atoms with Crippen molar-refractivity contribution in [1.82, 2.24) is 24.1 Å². The molecule has 68 heavy (non-hydrogen) atoms. The number of nitrogens with zero attached hydrogens (tertiary/aromatic N) is 5. The lowest BCUT2D eigenvalue weighted by molar-refractivity contribution is 1.05. The molecule has 5 heteroatoms. The van der Waals surface area contributed by atoms with Crippen molar-refractivity contribution in [1.29, 1.82) is 0 Å². The van der Waals surface area contributed by atoms with Gasteiger partial charge in [0.25, 0.3) is 0 Å². The maximum Gasteiger partial charge on any atom is 0.166 e. The Bertz CT molecular complexity index is 3600. The van der Waals surface area contributed by atoms with Crippen molar-refractivity contribution in [3.63, 3.8) is 0 Å². The predicted octanol–water partition coefficient (Wildman–Crippen LogP) is 16.3. The zero-order valence-electron chi connectivity index (χ0n) is 39.1. The van der Waals surface area contributed by atoms with E-state index < -0.39 is 0 Å². The summed E-state index contributed by atoms with van der Waals surface area (Å²) in [6, 6.07) is 68.1. The summed E-state index contributed by atoms with van der Waals surface area (Å²) in [5.74, 6) is 1.83. The molecule has 3 aromatic heterocycles. The molecule has 0 radical (unpaired) electrons. The minimum Gasteiger partial charge on any atom is -0.308 e. The lowest BCUT2D eigenvalue weighted by Crippen LogP contribution is -2.08. The molecule has 0 bridgehead atoms. The summed E-state index contributed by atoms with van der Waals surface area (Å²) in [5.41, 5.74) is 20.8. The molecule has 0 N–H and O–H groups in total. The number of benzene rings is 9. The van der Waals surface area contributed by atoms with Crippen LogP contribution >= 0.6 is 0 Å². The number of fused-ring (bicyclic) bond motifs is 6. The van der Waals surface area contributed by atoms with Crippen LogP contribution in [0.3, 0.4) is 0 Å². The van der Waals surface area contributed by atoms with Crippen LogP contribution in [-0.2, 0) is 0 Å². The van der Waals surface area contributed by atoms with E-state index in [2.05, 4.69) is 239 Å². The van der Waals surface area contributed by atoms with Crippen molar-refractivity contribution in [2.24, 2.45) is 0 Å². The normalized spacial score (nSPS) is 11.7. The van der Waals surface area contributed by atoms with Crippen LogP contribution in [0.4, 0.5) is 0 Å². The fourth-order valence-corrected chi connectivity index (χ4v) is 10.5. The number of rotatable bonds is 7. The van der Waals surface area contributed by atoms with Crippen molar-refractivity contribution < 1.29 is 0 Å². The summed E-state index contributed by atoms with van der Waals surface area (Å²) in [4.78, 5) is 16.8. The van der Waals surface area contributed by atoms with E-state index in [1.165, 1.54) is 43.8 Å². The van der Waals surface area contributed by atoms with E-state index in [1.807, 2.05) is 0 Å². The molecule has 0 fully saturated rings. The van der Waals surface area contributed by atoms with E-state index in [4.69, 9.17) is 15.0 Å². The molecule has 0 saturated heterocycles. The van der Waals surface area contributed by atoms with Crippen LogP contribution in [0, 0.1) is 41.5 Å². The molecule has 12 rings (SSSR count). The van der Waals surface area contributed by atoms with Crippen LogP contribution in [0.1, 0.15) is 33.4 Å². The zero-order valence-corrected chi connectivity index (χ0v) is 39.1. The lowest BCUT2D eigenvalue weighted by atomic mass is 9.97. The number of aromatic nitrogens is 5. The minimum absolute atomic E-state index is 0.596. The largest absolute Gasteiger partial charge is 0.308 e. The van der Waals surface area contributed by atoms with Gasteiger partial charge < -0.3 is 9.13 Å². The van der Waals surface area contributed by atoms with Gasteiger partial charge in [-0.25, -0.2) is 15.0 Å². The molecule has 3 heterocycles. The van der Waals surface area contributed by atoms with Crippen LogP contribution in [0.2, 0.25) is 0 Å². The first-order valence-corrected chi connectivity index (χ1v) is 23.4. The van der Waals surface area contributed by atoms with E-state index in [9.17, 15) is 0 Å². The maximum absolute atomic E-state index is 5.70. The van der Waals surface area contributed by atoms with E-state index in [0.717, 1.165) is 83.5 Å². The highest BCUT2D eigenvalue weighted by atomic mass is 15.1. The highest BCUT2D eigenvalue weighted by Gasteiger charge is 2.26.